The number of benzene rings is 1. The van der Waals surface area contributed by atoms with Crippen LogP contribution >= 0.6 is 0 Å². The lowest BCUT2D eigenvalue weighted by Crippen LogP contribution is -2.13. The van der Waals surface area contributed by atoms with Crippen LogP contribution < -0.4 is 4.90 Å². The number of fused-ring (bicyclic) bond motifs is 3. The third-order valence-electron chi connectivity index (χ3n) is 3.33. The van der Waals surface area contributed by atoms with Crippen LogP contribution in [0, 0.1) is 6.92 Å². The molecule has 3 rings (SSSR count). The van der Waals surface area contributed by atoms with E-state index in [9.17, 15) is 4.79 Å². The minimum atomic E-state index is 0.489. The van der Waals surface area contributed by atoms with Gasteiger partial charge in [0.05, 0.1) is 5.52 Å². The number of pyridine rings is 1. The third-order valence-corrected chi connectivity index (χ3v) is 3.33. The van der Waals surface area contributed by atoms with Gasteiger partial charge in [-0.1, -0.05) is 24.3 Å². The summed E-state index contributed by atoms with van der Waals surface area (Å²) in [6, 6.07) is 10.2. The molecule has 0 N–H and O–H groups in total. The lowest BCUT2D eigenvalue weighted by Gasteiger charge is -2.13. The van der Waals surface area contributed by atoms with E-state index in [1.807, 2.05) is 48.5 Å². The van der Waals surface area contributed by atoms with Crippen molar-refractivity contribution in [3.63, 3.8) is 0 Å². The van der Waals surface area contributed by atoms with Gasteiger partial charge in [0.25, 0.3) is 0 Å². The Labute approximate surface area is 111 Å². The Kier molecular flexibility index (Phi) is 2.52. The van der Waals surface area contributed by atoms with E-state index in [0.717, 1.165) is 34.2 Å². The number of aromatic nitrogens is 2. The zero-order valence-electron chi connectivity index (χ0n) is 11.2. The molecule has 0 aliphatic heterocycles. The summed E-state index contributed by atoms with van der Waals surface area (Å²) < 4.78 is 2.03. The first-order chi connectivity index (χ1) is 9.13. The van der Waals surface area contributed by atoms with E-state index in [-0.39, 0.29) is 0 Å². The van der Waals surface area contributed by atoms with E-state index in [2.05, 4.69) is 17.1 Å². The Morgan fingerprint density at radius 1 is 1.26 bits per heavy atom. The van der Waals surface area contributed by atoms with Crippen molar-refractivity contribution in [1.82, 2.24) is 9.38 Å². The van der Waals surface area contributed by atoms with Gasteiger partial charge in [-0.15, -0.1) is 0 Å². The van der Waals surface area contributed by atoms with Crippen LogP contribution in [0.5, 0.6) is 0 Å². The Morgan fingerprint density at radius 3 is 2.68 bits per heavy atom. The molecule has 3 aromatic rings. The Bertz CT molecular complexity index is 787. The van der Waals surface area contributed by atoms with Crippen LogP contribution in [0.1, 0.15) is 16.2 Å². The summed E-state index contributed by atoms with van der Waals surface area (Å²) in [6.07, 6.45) is 0.828. The fraction of sp³-hybridized carbons (Fsp3) is 0.200. The van der Waals surface area contributed by atoms with Gasteiger partial charge in [-0.05, 0) is 18.4 Å². The van der Waals surface area contributed by atoms with Gasteiger partial charge in [0.15, 0.2) is 6.29 Å². The number of carbonyl (C=O) groups excluding carboxylic acids is 1. The molecule has 0 saturated carbocycles. The third kappa shape index (κ3) is 1.60. The molecular formula is C15H15N3O. The molecule has 0 spiro atoms. The number of aldehydes is 1. The van der Waals surface area contributed by atoms with E-state index in [0.29, 0.717) is 5.69 Å². The summed E-state index contributed by atoms with van der Waals surface area (Å²) in [5.41, 5.74) is 2.44. The van der Waals surface area contributed by atoms with Crippen LogP contribution in [0.25, 0.3) is 16.3 Å². The van der Waals surface area contributed by atoms with Gasteiger partial charge in [0.1, 0.15) is 5.69 Å². The van der Waals surface area contributed by atoms with Crippen molar-refractivity contribution in [1.29, 1.82) is 0 Å². The number of hydrogen-bond acceptors (Lipinski definition) is 3. The molecule has 0 amide bonds. The summed E-state index contributed by atoms with van der Waals surface area (Å²) in [4.78, 5) is 17.7. The summed E-state index contributed by atoms with van der Waals surface area (Å²) >= 11 is 0. The zero-order valence-corrected chi connectivity index (χ0v) is 11.2. The fourth-order valence-corrected chi connectivity index (χ4v) is 2.53. The summed E-state index contributed by atoms with van der Waals surface area (Å²) in [7, 11) is 3.86. The normalized spacial score (nSPS) is 11.1. The topological polar surface area (TPSA) is 37.6 Å². The number of nitrogens with zero attached hydrogens (tertiary/aromatic N) is 3. The fourth-order valence-electron chi connectivity index (χ4n) is 2.53. The smallest absolute Gasteiger partial charge is 0.210 e. The summed E-state index contributed by atoms with van der Waals surface area (Å²) in [6.45, 7) is 2.03. The lowest BCUT2D eigenvalue weighted by atomic mass is 10.1. The van der Waals surface area contributed by atoms with Gasteiger partial charge in [0, 0.05) is 25.2 Å². The molecule has 0 bridgehead atoms. The lowest BCUT2D eigenvalue weighted by molar-refractivity contribution is 0.112. The van der Waals surface area contributed by atoms with Crippen LogP contribution in [-0.4, -0.2) is 29.8 Å². The second kappa shape index (κ2) is 4.09. The second-order valence-electron chi connectivity index (χ2n) is 4.87. The van der Waals surface area contributed by atoms with Gasteiger partial charge in [-0.25, -0.2) is 4.98 Å². The predicted octanol–water partition coefficient (Wildman–Crippen LogP) is 2.67. The maximum absolute atomic E-state index is 11.3. The molecule has 0 aliphatic carbocycles. The first kappa shape index (κ1) is 11.7. The maximum atomic E-state index is 11.3. The molecule has 0 atom stereocenters. The molecule has 0 radical (unpaired) electrons. The highest BCUT2D eigenvalue weighted by Crippen LogP contribution is 2.28. The average Bonchev–Trinajstić information content (AvgIpc) is 2.79. The zero-order chi connectivity index (χ0) is 13.6. The maximum Gasteiger partial charge on any atom is 0.210 e. The van der Waals surface area contributed by atoms with E-state index >= 15 is 0 Å². The van der Waals surface area contributed by atoms with E-state index in [4.69, 9.17) is 0 Å². The molecule has 19 heavy (non-hydrogen) atoms. The second-order valence-corrected chi connectivity index (χ2v) is 4.87. The van der Waals surface area contributed by atoms with Gasteiger partial charge in [-0.2, -0.15) is 0 Å². The first-order valence-electron chi connectivity index (χ1n) is 6.17. The van der Waals surface area contributed by atoms with Crippen molar-refractivity contribution in [2.45, 2.75) is 6.92 Å². The number of rotatable bonds is 2. The number of aryl methyl sites for hydroxylation is 1. The molecule has 1 aromatic carbocycles. The molecule has 4 heteroatoms. The van der Waals surface area contributed by atoms with Crippen molar-refractivity contribution in [3.8, 4) is 0 Å². The van der Waals surface area contributed by atoms with E-state index in [1.165, 1.54) is 0 Å². The van der Waals surface area contributed by atoms with Gasteiger partial charge >= 0.3 is 0 Å². The largest absolute Gasteiger partial charge is 0.348 e. The number of imidazole rings is 1. The first-order valence-corrected chi connectivity index (χ1v) is 6.17. The summed E-state index contributed by atoms with van der Waals surface area (Å²) in [5.74, 6) is 0.778. The molecule has 0 fully saturated rings. The highest BCUT2D eigenvalue weighted by molar-refractivity contribution is 6.03. The quantitative estimate of drug-likeness (QED) is 0.659. The molecular weight excluding hydrogens is 238 g/mol. The van der Waals surface area contributed by atoms with E-state index < -0.39 is 0 Å². The van der Waals surface area contributed by atoms with Crippen molar-refractivity contribution >= 4 is 28.5 Å². The standard InChI is InChI=1S/C15H15N3O/c1-10-8-11-6-4-5-7-12(11)14-13(9-19)16-15(17(2)3)18(10)14/h4-9H,1-3H3. The molecule has 4 nitrogen and oxygen atoms in total. The van der Waals surface area contributed by atoms with Gasteiger partial charge < -0.3 is 4.90 Å². The molecule has 0 unspecified atom stereocenters. The van der Waals surface area contributed by atoms with Crippen LogP contribution in [-0.2, 0) is 0 Å². The monoisotopic (exact) mass is 253 g/mol. The summed E-state index contributed by atoms with van der Waals surface area (Å²) in [5, 5.41) is 2.18. The Balaban J connectivity index is 2.60. The van der Waals surface area contributed by atoms with Crippen molar-refractivity contribution < 1.29 is 4.79 Å². The number of anilines is 1. The molecule has 2 aromatic heterocycles. The number of hydrogen-bond donors (Lipinski definition) is 0. The van der Waals surface area contributed by atoms with Gasteiger partial charge in [0.2, 0.25) is 5.95 Å². The van der Waals surface area contributed by atoms with Crippen molar-refractivity contribution in [3.05, 3.63) is 41.7 Å². The molecule has 2 heterocycles. The van der Waals surface area contributed by atoms with Crippen LogP contribution in [0.3, 0.4) is 0 Å². The minimum absolute atomic E-state index is 0.489. The molecule has 0 aliphatic rings. The SMILES string of the molecule is Cc1cc2ccccc2c2c(C=O)nc(N(C)C)n12. The van der Waals surface area contributed by atoms with Crippen molar-refractivity contribution in [2.75, 3.05) is 19.0 Å². The van der Waals surface area contributed by atoms with E-state index in [1.54, 1.807) is 0 Å². The van der Waals surface area contributed by atoms with Crippen LogP contribution in [0.4, 0.5) is 5.95 Å². The predicted molar refractivity (Wildman–Crippen MR) is 77.1 cm³/mol. The highest BCUT2D eigenvalue weighted by atomic mass is 16.1. The highest BCUT2D eigenvalue weighted by Gasteiger charge is 2.16. The van der Waals surface area contributed by atoms with Crippen molar-refractivity contribution in [2.24, 2.45) is 0 Å². The minimum Gasteiger partial charge on any atom is -0.348 e. The molecule has 0 saturated heterocycles. The Morgan fingerprint density at radius 2 is 2.00 bits per heavy atom. The van der Waals surface area contributed by atoms with Crippen LogP contribution in [0.2, 0.25) is 0 Å². The number of carbonyl (C=O) groups is 1. The molecule has 96 valence electrons. The van der Waals surface area contributed by atoms with Crippen LogP contribution in [0.15, 0.2) is 30.3 Å². The Hall–Kier alpha value is -2.36. The average molecular weight is 253 g/mol. The van der Waals surface area contributed by atoms with Gasteiger partial charge in [-0.3, -0.25) is 9.20 Å².